The first-order valence-corrected chi connectivity index (χ1v) is 9.23. The van der Waals surface area contributed by atoms with Gasteiger partial charge in [-0.3, -0.25) is 9.78 Å². The zero-order valence-electron chi connectivity index (χ0n) is 16.0. The maximum atomic E-state index is 5.59. The Morgan fingerprint density at radius 3 is 2.82 bits per heavy atom. The summed E-state index contributed by atoms with van der Waals surface area (Å²) in [7, 11) is 1.91. The number of imidazole rings is 1. The summed E-state index contributed by atoms with van der Waals surface area (Å²) in [6, 6.07) is 4.03. The largest absolute Gasteiger partial charge is 0.377 e. The van der Waals surface area contributed by atoms with Crippen molar-refractivity contribution in [3.05, 3.63) is 30.2 Å². The van der Waals surface area contributed by atoms with Crippen LogP contribution in [0.25, 0.3) is 28.4 Å². The van der Waals surface area contributed by atoms with Crippen LogP contribution in [0, 0.1) is 6.92 Å². The summed E-state index contributed by atoms with van der Waals surface area (Å²) in [5, 5.41) is 16.2. The zero-order chi connectivity index (χ0) is 19.3. The van der Waals surface area contributed by atoms with E-state index in [4.69, 9.17) is 19.8 Å². The molecule has 1 fully saturated rings. The van der Waals surface area contributed by atoms with Crippen LogP contribution in [0.4, 0.5) is 5.95 Å². The Bertz CT molecular complexity index is 1130. The average Bonchev–Trinajstić information content (AvgIpc) is 3.42. The highest BCUT2D eigenvalue weighted by Crippen LogP contribution is 2.30. The van der Waals surface area contributed by atoms with E-state index in [0.717, 1.165) is 34.8 Å². The lowest BCUT2D eigenvalue weighted by molar-refractivity contribution is 0.0979. The molecule has 0 spiro atoms. The molecular weight excluding hydrogens is 358 g/mol. The van der Waals surface area contributed by atoms with Gasteiger partial charge in [-0.2, -0.15) is 10.2 Å². The molecule has 1 aliphatic rings. The number of hydrogen-bond donors (Lipinski definition) is 1. The fourth-order valence-corrected chi connectivity index (χ4v) is 3.64. The van der Waals surface area contributed by atoms with E-state index in [1.807, 2.05) is 35.3 Å². The van der Waals surface area contributed by atoms with E-state index in [-0.39, 0.29) is 6.04 Å². The minimum Gasteiger partial charge on any atom is -0.377 e. The number of morpholine rings is 1. The molecule has 0 bridgehead atoms. The number of nitrogens with one attached hydrogen (secondary N) is 1. The summed E-state index contributed by atoms with van der Waals surface area (Å²) in [6.45, 7) is 6.13. The number of fused-ring (bicyclic) bond motifs is 1. The van der Waals surface area contributed by atoms with Gasteiger partial charge in [-0.25, -0.2) is 14.5 Å². The van der Waals surface area contributed by atoms with Gasteiger partial charge in [-0.05, 0) is 26.0 Å². The minimum absolute atomic E-state index is 0.186. The van der Waals surface area contributed by atoms with Crippen LogP contribution in [0.5, 0.6) is 0 Å². The lowest BCUT2D eigenvalue weighted by atomic mass is 10.2. The quantitative estimate of drug-likeness (QED) is 0.575. The van der Waals surface area contributed by atoms with Gasteiger partial charge in [-0.1, -0.05) is 0 Å². The highest BCUT2D eigenvalue weighted by Gasteiger charge is 2.26. The zero-order valence-corrected chi connectivity index (χ0v) is 16.0. The van der Waals surface area contributed by atoms with E-state index < -0.39 is 0 Å². The molecule has 0 aliphatic carbocycles. The molecule has 10 heteroatoms. The molecule has 4 aromatic heterocycles. The van der Waals surface area contributed by atoms with Crippen LogP contribution in [-0.4, -0.2) is 65.4 Å². The smallest absolute Gasteiger partial charge is 0.244 e. The van der Waals surface area contributed by atoms with Crippen molar-refractivity contribution in [3.8, 4) is 22.9 Å². The lowest BCUT2D eigenvalue weighted by Crippen LogP contribution is -2.44. The molecule has 0 aromatic carbocycles. The molecule has 28 heavy (non-hydrogen) atoms. The third-order valence-electron chi connectivity index (χ3n) is 5.08. The minimum atomic E-state index is 0.186. The van der Waals surface area contributed by atoms with Crippen molar-refractivity contribution in [1.29, 1.82) is 0 Å². The molecule has 1 unspecified atom stereocenters. The van der Waals surface area contributed by atoms with Gasteiger partial charge in [0.25, 0.3) is 0 Å². The Morgan fingerprint density at radius 1 is 1.21 bits per heavy atom. The number of H-pyrrole nitrogens is 1. The van der Waals surface area contributed by atoms with E-state index in [9.17, 15) is 0 Å². The van der Waals surface area contributed by atoms with E-state index in [1.165, 1.54) is 0 Å². The molecular formula is C18H21N9O. The Balaban J connectivity index is 1.80. The summed E-state index contributed by atoms with van der Waals surface area (Å²) >= 11 is 0. The highest BCUT2D eigenvalue weighted by molar-refractivity contribution is 5.79. The molecule has 144 valence electrons. The second-order valence-corrected chi connectivity index (χ2v) is 6.97. The number of rotatable bonds is 3. The Labute approximate surface area is 161 Å². The summed E-state index contributed by atoms with van der Waals surface area (Å²) in [5.41, 5.74) is 4.23. The van der Waals surface area contributed by atoms with Gasteiger partial charge >= 0.3 is 0 Å². The Morgan fingerprint density at radius 2 is 2.11 bits per heavy atom. The molecule has 10 nitrogen and oxygen atoms in total. The second kappa shape index (κ2) is 6.41. The molecule has 0 amide bonds. The first kappa shape index (κ1) is 16.9. The van der Waals surface area contributed by atoms with Crippen molar-refractivity contribution in [3.63, 3.8) is 0 Å². The summed E-state index contributed by atoms with van der Waals surface area (Å²) < 4.78 is 9.26. The summed E-state index contributed by atoms with van der Waals surface area (Å²) in [6.07, 6.45) is 3.48. The molecule has 4 aromatic rings. The van der Waals surface area contributed by atoms with Gasteiger partial charge in [0.1, 0.15) is 16.9 Å². The SMILES string of the molecule is Cc1nc(-c2ccn[nH]2)n2nc(N3CCOCC3C)nc(-c3ccnn3C)c12. The fourth-order valence-electron chi connectivity index (χ4n) is 3.64. The third kappa shape index (κ3) is 2.56. The van der Waals surface area contributed by atoms with Crippen LogP contribution in [-0.2, 0) is 11.8 Å². The average molecular weight is 379 g/mol. The summed E-state index contributed by atoms with van der Waals surface area (Å²) in [5.74, 6) is 1.36. The van der Waals surface area contributed by atoms with Crippen LogP contribution in [0.15, 0.2) is 24.5 Å². The van der Waals surface area contributed by atoms with Crippen LogP contribution >= 0.6 is 0 Å². The normalized spacial score (nSPS) is 17.5. The number of anilines is 1. The maximum Gasteiger partial charge on any atom is 0.244 e. The summed E-state index contributed by atoms with van der Waals surface area (Å²) in [4.78, 5) is 11.9. The molecule has 1 N–H and O–H groups in total. The molecule has 1 atom stereocenters. The van der Waals surface area contributed by atoms with Gasteiger partial charge in [0.15, 0.2) is 5.82 Å². The fraction of sp³-hybridized carbons (Fsp3) is 0.389. The first-order chi connectivity index (χ1) is 13.6. The van der Waals surface area contributed by atoms with Crippen molar-refractivity contribution in [2.24, 2.45) is 7.05 Å². The van der Waals surface area contributed by atoms with E-state index >= 15 is 0 Å². The van der Waals surface area contributed by atoms with Gasteiger partial charge in [0.2, 0.25) is 5.95 Å². The standard InChI is InChI=1S/C18H21N9O/c1-11-10-28-9-8-26(11)18-22-15(14-5-7-20-25(14)3)16-12(2)21-17(27(16)24-18)13-4-6-19-23-13/h4-7,11H,8-10H2,1-3H3,(H,19,23). The van der Waals surface area contributed by atoms with Crippen molar-refractivity contribution in [2.75, 3.05) is 24.7 Å². The second-order valence-electron chi connectivity index (χ2n) is 6.97. The number of aromatic amines is 1. The number of ether oxygens (including phenoxy) is 1. The predicted octanol–water partition coefficient (Wildman–Crippen LogP) is 1.45. The third-order valence-corrected chi connectivity index (χ3v) is 5.08. The van der Waals surface area contributed by atoms with Crippen LogP contribution < -0.4 is 4.90 Å². The van der Waals surface area contributed by atoms with Crippen molar-refractivity contribution in [1.82, 2.24) is 39.6 Å². The maximum absolute atomic E-state index is 5.59. The predicted molar refractivity (Wildman–Crippen MR) is 103 cm³/mol. The topological polar surface area (TPSA) is 102 Å². The van der Waals surface area contributed by atoms with Crippen LogP contribution in [0.3, 0.4) is 0 Å². The van der Waals surface area contributed by atoms with Crippen LogP contribution in [0.1, 0.15) is 12.6 Å². The molecule has 5 heterocycles. The highest BCUT2D eigenvalue weighted by atomic mass is 16.5. The molecule has 1 saturated heterocycles. The number of aryl methyl sites for hydroxylation is 2. The molecule has 1 aliphatic heterocycles. The Hall–Kier alpha value is -3.27. The van der Waals surface area contributed by atoms with Crippen molar-refractivity contribution >= 4 is 11.5 Å². The number of aromatic nitrogens is 8. The van der Waals surface area contributed by atoms with Gasteiger partial charge in [-0.15, -0.1) is 5.10 Å². The van der Waals surface area contributed by atoms with E-state index in [0.29, 0.717) is 25.0 Å². The van der Waals surface area contributed by atoms with Gasteiger partial charge < -0.3 is 9.64 Å². The van der Waals surface area contributed by atoms with Gasteiger partial charge in [0, 0.05) is 26.0 Å². The van der Waals surface area contributed by atoms with Crippen molar-refractivity contribution in [2.45, 2.75) is 19.9 Å². The van der Waals surface area contributed by atoms with Gasteiger partial charge in [0.05, 0.1) is 30.6 Å². The lowest BCUT2D eigenvalue weighted by Gasteiger charge is -2.33. The molecule has 0 radical (unpaired) electrons. The van der Waals surface area contributed by atoms with Crippen molar-refractivity contribution < 1.29 is 4.74 Å². The van der Waals surface area contributed by atoms with E-state index in [2.05, 4.69) is 27.1 Å². The Kier molecular flexibility index (Phi) is 3.86. The van der Waals surface area contributed by atoms with Crippen LogP contribution in [0.2, 0.25) is 0 Å². The number of nitrogens with zero attached hydrogens (tertiary/aromatic N) is 8. The first-order valence-electron chi connectivity index (χ1n) is 9.23. The van der Waals surface area contributed by atoms with E-state index in [1.54, 1.807) is 12.4 Å². The molecule has 5 rings (SSSR count). The molecule has 0 saturated carbocycles. The number of hydrogen-bond acceptors (Lipinski definition) is 7. The monoisotopic (exact) mass is 379 g/mol.